The molecule has 0 saturated carbocycles. The topological polar surface area (TPSA) is 55.1 Å². The second-order valence-electron chi connectivity index (χ2n) is 3.07. The van der Waals surface area contributed by atoms with Crippen LogP contribution in [-0.2, 0) is 0 Å². The van der Waals surface area contributed by atoms with Crippen LogP contribution in [-0.4, -0.2) is 17.4 Å². The molecule has 86 valence electrons. The van der Waals surface area contributed by atoms with E-state index in [-0.39, 0.29) is 5.91 Å². The van der Waals surface area contributed by atoms with Gasteiger partial charge in [0.1, 0.15) is 0 Å². The molecule has 0 spiro atoms. The summed E-state index contributed by atoms with van der Waals surface area (Å²) in [6.45, 7) is 0.414. The zero-order valence-corrected chi connectivity index (χ0v) is 11.5. The Kier molecular flexibility index (Phi) is 5.18. The number of carbonyl (C=O) groups is 1. The quantitative estimate of drug-likeness (QED) is 0.838. The number of rotatable bonds is 4. The summed E-state index contributed by atoms with van der Waals surface area (Å²) in [5.41, 5.74) is 5.75. The molecule has 0 atom stereocenters. The Morgan fingerprint density at radius 1 is 1.56 bits per heavy atom. The Morgan fingerprint density at radius 3 is 2.88 bits per heavy atom. The molecule has 0 aliphatic rings. The molecule has 0 aromatic heterocycles. The molecule has 6 heteroatoms. The van der Waals surface area contributed by atoms with Gasteiger partial charge in [-0.2, -0.15) is 0 Å². The first-order valence-electron chi connectivity index (χ1n) is 4.53. The molecule has 1 amide bonds. The Morgan fingerprint density at radius 2 is 2.25 bits per heavy atom. The molecule has 0 bridgehead atoms. The summed E-state index contributed by atoms with van der Waals surface area (Å²) in [4.78, 5) is 12.1. The summed E-state index contributed by atoms with van der Waals surface area (Å²) >= 11 is 13.9. The lowest BCUT2D eigenvalue weighted by Gasteiger charge is -2.07. The van der Waals surface area contributed by atoms with E-state index < -0.39 is 0 Å². The number of benzene rings is 1. The Labute approximate surface area is 112 Å². The fraction of sp³-hybridized carbons (Fsp3) is 0.200. The van der Waals surface area contributed by atoms with Crippen molar-refractivity contribution in [3.8, 4) is 0 Å². The van der Waals surface area contributed by atoms with Crippen LogP contribution in [0.4, 0.5) is 0 Å². The molecule has 0 heterocycles. The molecular formula is C10H10BrClN2OS. The number of halogens is 2. The van der Waals surface area contributed by atoms with Crippen molar-refractivity contribution in [1.82, 2.24) is 5.32 Å². The van der Waals surface area contributed by atoms with E-state index in [9.17, 15) is 4.79 Å². The highest BCUT2D eigenvalue weighted by molar-refractivity contribution is 9.10. The fourth-order valence-electron chi connectivity index (χ4n) is 1.07. The van der Waals surface area contributed by atoms with E-state index >= 15 is 0 Å². The summed E-state index contributed by atoms with van der Waals surface area (Å²) < 4.78 is 0.691. The molecule has 0 aliphatic carbocycles. The number of carbonyl (C=O) groups excluding carboxylic acids is 1. The van der Waals surface area contributed by atoms with E-state index in [4.69, 9.17) is 29.6 Å². The summed E-state index contributed by atoms with van der Waals surface area (Å²) in [5, 5.41) is 3.09. The standard InChI is InChI=1S/C10H10BrClN2OS/c11-7-3-1-2-6(9(7)12)10(15)14-5-4-8(13)16/h1-3H,4-5H2,(H2,13,16)(H,14,15). The van der Waals surface area contributed by atoms with Crippen LogP contribution in [0.1, 0.15) is 16.8 Å². The van der Waals surface area contributed by atoms with Gasteiger partial charge in [-0.15, -0.1) is 0 Å². The molecule has 0 saturated heterocycles. The van der Waals surface area contributed by atoms with Crippen molar-refractivity contribution < 1.29 is 4.79 Å². The summed E-state index contributed by atoms with van der Waals surface area (Å²) in [5.74, 6) is -0.234. The first-order chi connectivity index (χ1) is 7.52. The van der Waals surface area contributed by atoms with Gasteiger partial charge in [0.2, 0.25) is 0 Å². The third-order valence-electron chi connectivity index (χ3n) is 1.85. The van der Waals surface area contributed by atoms with Gasteiger partial charge in [-0.25, -0.2) is 0 Å². The number of nitrogens with one attached hydrogen (secondary N) is 1. The normalized spacial score (nSPS) is 9.88. The van der Waals surface area contributed by atoms with Crippen molar-refractivity contribution in [3.05, 3.63) is 33.3 Å². The molecule has 1 aromatic rings. The van der Waals surface area contributed by atoms with Gasteiger partial charge in [0.15, 0.2) is 0 Å². The molecule has 0 unspecified atom stereocenters. The van der Waals surface area contributed by atoms with Crippen LogP contribution >= 0.6 is 39.7 Å². The predicted octanol–water partition coefficient (Wildman–Crippen LogP) is 2.51. The smallest absolute Gasteiger partial charge is 0.252 e. The molecule has 16 heavy (non-hydrogen) atoms. The first kappa shape index (κ1) is 13.4. The highest BCUT2D eigenvalue weighted by Crippen LogP contribution is 2.25. The van der Waals surface area contributed by atoms with Crippen molar-refractivity contribution in [2.45, 2.75) is 6.42 Å². The van der Waals surface area contributed by atoms with Crippen LogP contribution < -0.4 is 11.1 Å². The number of amides is 1. The molecule has 0 aliphatic heterocycles. The molecule has 1 rings (SSSR count). The zero-order chi connectivity index (χ0) is 12.1. The van der Waals surface area contributed by atoms with Gasteiger partial charge in [0.25, 0.3) is 5.91 Å². The van der Waals surface area contributed by atoms with Gasteiger partial charge >= 0.3 is 0 Å². The third-order valence-corrected chi connectivity index (χ3v) is 3.35. The number of hydrogen-bond acceptors (Lipinski definition) is 2. The fourth-order valence-corrected chi connectivity index (χ4v) is 1.75. The molecule has 0 fully saturated rings. The van der Waals surface area contributed by atoms with E-state index in [1.807, 2.05) is 0 Å². The minimum atomic E-state index is -0.234. The Bertz CT molecular complexity index is 425. The average molecular weight is 322 g/mol. The molecule has 1 aromatic carbocycles. The second kappa shape index (κ2) is 6.18. The second-order valence-corrected chi connectivity index (χ2v) is 4.83. The number of hydrogen-bond donors (Lipinski definition) is 2. The van der Waals surface area contributed by atoms with Crippen molar-refractivity contribution in [3.63, 3.8) is 0 Å². The van der Waals surface area contributed by atoms with E-state index in [1.54, 1.807) is 18.2 Å². The third kappa shape index (κ3) is 3.73. The van der Waals surface area contributed by atoms with Gasteiger partial charge in [-0.3, -0.25) is 4.79 Å². The van der Waals surface area contributed by atoms with Crippen LogP contribution in [0.5, 0.6) is 0 Å². The lowest BCUT2D eigenvalue weighted by atomic mass is 10.2. The van der Waals surface area contributed by atoms with E-state index in [1.165, 1.54) is 0 Å². The van der Waals surface area contributed by atoms with Gasteiger partial charge in [0.05, 0.1) is 15.6 Å². The van der Waals surface area contributed by atoms with E-state index in [0.717, 1.165) is 0 Å². The number of thiocarbonyl (C=S) groups is 1. The molecular weight excluding hydrogens is 312 g/mol. The Hall–Kier alpha value is -0.650. The minimum absolute atomic E-state index is 0.234. The van der Waals surface area contributed by atoms with Crippen molar-refractivity contribution in [2.75, 3.05) is 6.54 Å². The number of nitrogens with two attached hydrogens (primary N) is 1. The maximum absolute atomic E-state index is 11.7. The van der Waals surface area contributed by atoms with Gasteiger partial charge < -0.3 is 11.1 Å². The largest absolute Gasteiger partial charge is 0.393 e. The predicted molar refractivity (Wildman–Crippen MR) is 72.9 cm³/mol. The van der Waals surface area contributed by atoms with Crippen LogP contribution in [0.3, 0.4) is 0 Å². The first-order valence-corrected chi connectivity index (χ1v) is 6.11. The maximum atomic E-state index is 11.7. The van der Waals surface area contributed by atoms with Crippen LogP contribution in [0.25, 0.3) is 0 Å². The molecule has 3 nitrogen and oxygen atoms in total. The van der Waals surface area contributed by atoms with Crippen molar-refractivity contribution >= 4 is 50.6 Å². The van der Waals surface area contributed by atoms with Crippen molar-refractivity contribution in [1.29, 1.82) is 0 Å². The van der Waals surface area contributed by atoms with E-state index in [2.05, 4.69) is 21.2 Å². The van der Waals surface area contributed by atoms with Gasteiger partial charge in [-0.05, 0) is 28.1 Å². The SMILES string of the molecule is NC(=S)CCNC(=O)c1cccc(Br)c1Cl. The molecule has 0 radical (unpaired) electrons. The summed E-state index contributed by atoms with van der Waals surface area (Å²) in [7, 11) is 0. The maximum Gasteiger partial charge on any atom is 0.252 e. The highest BCUT2D eigenvalue weighted by Gasteiger charge is 2.11. The molecule has 3 N–H and O–H groups in total. The van der Waals surface area contributed by atoms with Crippen LogP contribution in [0.2, 0.25) is 5.02 Å². The monoisotopic (exact) mass is 320 g/mol. The van der Waals surface area contributed by atoms with Crippen molar-refractivity contribution in [2.24, 2.45) is 5.73 Å². The van der Waals surface area contributed by atoms with Crippen LogP contribution in [0, 0.1) is 0 Å². The van der Waals surface area contributed by atoms with Gasteiger partial charge in [0, 0.05) is 17.4 Å². The van der Waals surface area contributed by atoms with E-state index in [0.29, 0.717) is 33.0 Å². The Balaban J connectivity index is 2.66. The summed E-state index contributed by atoms with van der Waals surface area (Å²) in [6.07, 6.45) is 0.479. The highest BCUT2D eigenvalue weighted by atomic mass is 79.9. The van der Waals surface area contributed by atoms with Crippen LogP contribution in [0.15, 0.2) is 22.7 Å². The lowest BCUT2D eigenvalue weighted by Crippen LogP contribution is -2.27. The zero-order valence-electron chi connectivity index (χ0n) is 8.30. The minimum Gasteiger partial charge on any atom is -0.393 e. The lowest BCUT2D eigenvalue weighted by molar-refractivity contribution is 0.0955. The van der Waals surface area contributed by atoms with Gasteiger partial charge in [-0.1, -0.05) is 29.9 Å². The summed E-state index contributed by atoms with van der Waals surface area (Å²) in [6, 6.07) is 5.18. The average Bonchev–Trinajstić information content (AvgIpc) is 2.21.